The Kier molecular flexibility index (Phi) is 262. The SMILES string of the molecule is O=N[O-].O=N[O-].O=N[O-].[V+3]. The van der Waals surface area contributed by atoms with Gasteiger partial charge in [0.15, 0.2) is 0 Å². The number of nitrogens with zero attached hydrogens (tertiary/aromatic N) is 3. The molecular formula is N3O6V. The number of hydrogen-bond donors (Lipinski definition) is 0. The van der Waals surface area contributed by atoms with Crippen molar-refractivity contribution in [3.8, 4) is 0 Å². The Labute approximate surface area is 65.7 Å². The Morgan fingerprint density at radius 3 is 0.700 bits per heavy atom. The topological polar surface area (TPSA) is 157 Å². The van der Waals surface area contributed by atoms with Crippen molar-refractivity contribution in [1.29, 1.82) is 0 Å². The molecule has 0 N–H and O–H groups in total. The Bertz CT molecular complexity index is 49.7. The van der Waals surface area contributed by atoms with E-state index in [9.17, 15) is 0 Å². The second kappa shape index (κ2) is 113. The fourth-order valence-corrected chi connectivity index (χ4v) is 0. The maximum absolute atomic E-state index is 8.00. The van der Waals surface area contributed by atoms with Gasteiger partial charge in [-0.15, -0.1) is 16.0 Å². The van der Waals surface area contributed by atoms with Gasteiger partial charge in [-0.25, -0.2) is 0 Å². The van der Waals surface area contributed by atoms with E-state index in [2.05, 4.69) is 0 Å². The molecule has 0 aliphatic heterocycles. The van der Waals surface area contributed by atoms with Gasteiger partial charge in [0.05, 0.1) is 0 Å². The van der Waals surface area contributed by atoms with Crippen LogP contribution in [0.2, 0.25) is 0 Å². The minimum atomic E-state index is 0. The molecule has 0 spiro atoms. The van der Waals surface area contributed by atoms with E-state index in [1.165, 1.54) is 0 Å². The largest absolute Gasteiger partial charge is 3.00 e. The van der Waals surface area contributed by atoms with Crippen LogP contribution in [0.15, 0.2) is 16.0 Å². The van der Waals surface area contributed by atoms with Crippen LogP contribution in [0.3, 0.4) is 0 Å². The van der Waals surface area contributed by atoms with Crippen molar-refractivity contribution < 1.29 is 18.6 Å². The maximum Gasteiger partial charge on any atom is 3.00 e. The summed E-state index contributed by atoms with van der Waals surface area (Å²) < 4.78 is 0. The van der Waals surface area contributed by atoms with E-state index >= 15 is 0 Å². The Morgan fingerprint density at radius 1 is 0.700 bits per heavy atom. The minimum absolute atomic E-state index is 0. The molecule has 0 aromatic rings. The first kappa shape index (κ1) is 23.3. The molecule has 0 saturated heterocycles. The molecule has 0 aliphatic rings. The predicted molar refractivity (Wildman–Crippen MR) is 27.5 cm³/mol. The van der Waals surface area contributed by atoms with Crippen LogP contribution < -0.4 is 0 Å². The van der Waals surface area contributed by atoms with Crippen molar-refractivity contribution in [1.82, 2.24) is 0 Å². The van der Waals surface area contributed by atoms with Gasteiger partial charge < -0.3 is 30.3 Å². The second-order valence-corrected chi connectivity index (χ2v) is 0.224. The fraction of sp³-hybridized carbons (Fsp3) is 0. The maximum atomic E-state index is 8.00. The van der Waals surface area contributed by atoms with Crippen LogP contribution in [-0.4, -0.2) is 0 Å². The monoisotopic (exact) mass is 189 g/mol. The minimum Gasteiger partial charge on any atom is -0.444 e. The van der Waals surface area contributed by atoms with Crippen LogP contribution in [0.1, 0.15) is 0 Å². The molecule has 0 aromatic heterocycles. The molecule has 0 aliphatic carbocycles. The van der Waals surface area contributed by atoms with Crippen LogP contribution in [-0.2, 0) is 18.6 Å². The van der Waals surface area contributed by atoms with Crippen LogP contribution in [0.4, 0.5) is 0 Å². The molecule has 9 nitrogen and oxygen atoms in total. The Morgan fingerprint density at radius 2 is 0.700 bits per heavy atom. The summed E-state index contributed by atoms with van der Waals surface area (Å²) in [6, 6.07) is 0. The third-order valence-corrected chi connectivity index (χ3v) is 0. The quantitative estimate of drug-likeness (QED) is 0.403. The van der Waals surface area contributed by atoms with Crippen molar-refractivity contribution in [3.63, 3.8) is 0 Å². The summed E-state index contributed by atoms with van der Waals surface area (Å²) in [6.45, 7) is 0. The zero-order valence-electron chi connectivity index (χ0n) is 4.24. The van der Waals surface area contributed by atoms with Gasteiger partial charge in [-0.3, -0.25) is 0 Å². The molecule has 0 amide bonds. The molecule has 0 saturated carbocycles. The van der Waals surface area contributed by atoms with Crippen molar-refractivity contribution in [3.05, 3.63) is 30.3 Å². The van der Waals surface area contributed by atoms with Crippen LogP contribution in [0.25, 0.3) is 0 Å². The molecule has 0 radical (unpaired) electrons. The Balaban J connectivity index is -0.0000000257. The summed E-state index contributed by atoms with van der Waals surface area (Å²) in [4.78, 5) is 24.0. The zero-order chi connectivity index (χ0) is 8.12. The first-order chi connectivity index (χ1) is 4.24. The van der Waals surface area contributed by atoms with Crippen LogP contribution in [0.5, 0.6) is 0 Å². The first-order valence-corrected chi connectivity index (χ1v) is 1.10. The molecule has 10 heavy (non-hydrogen) atoms. The van der Waals surface area contributed by atoms with E-state index in [0.717, 1.165) is 16.0 Å². The second-order valence-electron chi connectivity index (χ2n) is 0.224. The van der Waals surface area contributed by atoms with Gasteiger partial charge >= 0.3 is 18.6 Å². The Hall–Kier alpha value is -1.22. The fourth-order valence-electron chi connectivity index (χ4n) is 0. The summed E-state index contributed by atoms with van der Waals surface area (Å²) in [7, 11) is 0. The van der Waals surface area contributed by atoms with Gasteiger partial charge in [0, 0.05) is 0 Å². The van der Waals surface area contributed by atoms with Crippen molar-refractivity contribution in [2.75, 3.05) is 0 Å². The van der Waals surface area contributed by atoms with Crippen molar-refractivity contribution >= 4 is 0 Å². The van der Waals surface area contributed by atoms with E-state index < -0.39 is 0 Å². The van der Waals surface area contributed by atoms with Crippen molar-refractivity contribution in [2.24, 2.45) is 16.0 Å². The van der Waals surface area contributed by atoms with E-state index in [1.807, 2.05) is 0 Å². The number of hydrogen-bond acceptors (Lipinski definition) is 9. The predicted octanol–water partition coefficient (Wildman–Crippen LogP) is 0.749. The molecule has 10 heteroatoms. The summed E-state index contributed by atoms with van der Waals surface area (Å²) in [5.74, 6) is 0. The van der Waals surface area contributed by atoms with Crippen LogP contribution >= 0.6 is 0 Å². The van der Waals surface area contributed by atoms with Gasteiger partial charge in [-0.05, 0) is 0 Å². The van der Waals surface area contributed by atoms with Gasteiger partial charge in [0.2, 0.25) is 0 Å². The number of rotatable bonds is 0. The van der Waals surface area contributed by atoms with E-state index in [1.54, 1.807) is 0 Å². The summed E-state index contributed by atoms with van der Waals surface area (Å²) in [6.07, 6.45) is 0. The standard InChI is InChI=1S/3HNO2.V/c3*2-1-3;/h3*(H,2,3);/q;;;+3/p-3. The summed E-state index contributed by atoms with van der Waals surface area (Å²) in [5, 5.41) is 27.0. The van der Waals surface area contributed by atoms with Crippen molar-refractivity contribution in [2.45, 2.75) is 0 Å². The molecule has 0 aromatic carbocycles. The molecular weight excluding hydrogens is 189 g/mol. The van der Waals surface area contributed by atoms with Gasteiger partial charge in [-0.2, -0.15) is 0 Å². The first-order valence-electron chi connectivity index (χ1n) is 1.10. The summed E-state index contributed by atoms with van der Waals surface area (Å²) in [5.41, 5.74) is 0. The smallest absolute Gasteiger partial charge is 0.444 e. The van der Waals surface area contributed by atoms with E-state index in [0.29, 0.717) is 0 Å². The third-order valence-electron chi connectivity index (χ3n) is 0. The van der Waals surface area contributed by atoms with Gasteiger partial charge in [0.1, 0.15) is 0 Å². The zero-order valence-corrected chi connectivity index (χ0v) is 5.64. The molecule has 0 fully saturated rings. The molecule has 0 rings (SSSR count). The molecule has 0 bridgehead atoms. The van der Waals surface area contributed by atoms with Gasteiger partial charge in [-0.1, -0.05) is 0 Å². The molecule has 0 unspecified atom stereocenters. The average molecular weight is 189 g/mol. The average Bonchev–Trinajstić information content (AvgIpc) is 1.70. The normalized spacial score (nSPS) is 3.60. The molecule has 56 valence electrons. The summed E-state index contributed by atoms with van der Waals surface area (Å²) >= 11 is 0. The van der Waals surface area contributed by atoms with Gasteiger partial charge in [0.25, 0.3) is 0 Å². The molecule has 0 heterocycles. The third kappa shape index (κ3) is 154. The van der Waals surface area contributed by atoms with E-state index in [4.69, 9.17) is 30.3 Å². The molecule has 0 atom stereocenters. The van der Waals surface area contributed by atoms with Crippen LogP contribution in [0, 0.1) is 30.3 Å². The van der Waals surface area contributed by atoms with E-state index in [-0.39, 0.29) is 18.6 Å².